The van der Waals surface area contributed by atoms with E-state index in [1.165, 1.54) is 6.92 Å². The Balaban J connectivity index is 1.83. The highest BCUT2D eigenvalue weighted by molar-refractivity contribution is 4.96. The van der Waals surface area contributed by atoms with Crippen LogP contribution >= 0.6 is 0 Å². The summed E-state index contributed by atoms with van der Waals surface area (Å²) in [4.78, 5) is 0. The normalized spacial score (nSPS) is 53.7. The first-order valence-electron chi connectivity index (χ1n) is 11.1. The molecule has 33 heavy (non-hydrogen) atoms. The molecule has 3 aliphatic heterocycles. The molecule has 0 saturated carbocycles. The van der Waals surface area contributed by atoms with E-state index in [1.807, 2.05) is 0 Å². The van der Waals surface area contributed by atoms with E-state index in [2.05, 4.69) is 0 Å². The minimum atomic E-state index is -1.69. The highest BCUT2D eigenvalue weighted by Gasteiger charge is 2.52. The van der Waals surface area contributed by atoms with E-state index in [4.69, 9.17) is 23.7 Å². The van der Waals surface area contributed by atoms with E-state index in [-0.39, 0.29) is 0 Å². The van der Waals surface area contributed by atoms with Gasteiger partial charge in [0.1, 0.15) is 54.9 Å². The van der Waals surface area contributed by atoms with E-state index in [0.29, 0.717) is 0 Å². The highest BCUT2D eigenvalue weighted by atomic mass is 16.7. The van der Waals surface area contributed by atoms with Crippen molar-refractivity contribution in [1.29, 1.82) is 0 Å². The largest absolute Gasteiger partial charge is 0.394 e. The molecule has 0 aromatic carbocycles. The maximum absolute atomic E-state index is 10.4. The summed E-state index contributed by atoms with van der Waals surface area (Å²) in [5.41, 5.74) is 0. The number of hydrogen-bond acceptors (Lipinski definition) is 13. The van der Waals surface area contributed by atoms with Gasteiger partial charge in [-0.2, -0.15) is 0 Å². The van der Waals surface area contributed by atoms with Gasteiger partial charge in [0.2, 0.25) is 0 Å². The molecule has 3 fully saturated rings. The van der Waals surface area contributed by atoms with Crippen LogP contribution in [-0.4, -0.2) is 140 Å². The molecule has 8 N–H and O–H groups in total. The average Bonchev–Trinajstić information content (AvgIpc) is 2.80. The molecule has 0 aromatic heterocycles. The molecule has 0 aromatic rings. The lowest BCUT2D eigenvalue weighted by Gasteiger charge is -2.49. The predicted octanol–water partition coefficient (Wildman–Crippen LogP) is -4.20. The van der Waals surface area contributed by atoms with Gasteiger partial charge in [-0.25, -0.2) is 0 Å². The molecule has 7 unspecified atom stereocenters. The Morgan fingerprint density at radius 2 is 1.06 bits per heavy atom. The molecule has 0 radical (unpaired) electrons. The molecule has 3 saturated heterocycles. The van der Waals surface area contributed by atoms with Gasteiger partial charge in [0.25, 0.3) is 0 Å². The fourth-order valence-electron chi connectivity index (χ4n) is 4.38. The minimum absolute atomic E-state index is 0.405. The van der Waals surface area contributed by atoms with Crippen LogP contribution in [0.2, 0.25) is 0 Å². The number of hydrogen-bond donors (Lipinski definition) is 8. The van der Waals surface area contributed by atoms with Crippen molar-refractivity contribution in [3.8, 4) is 0 Å². The van der Waals surface area contributed by atoms with Crippen LogP contribution in [-0.2, 0) is 23.7 Å². The van der Waals surface area contributed by atoms with Gasteiger partial charge in [0.15, 0.2) is 12.6 Å². The SMILES string of the molecule is CC1OC(CO)[C@@H](O[C@@H]2OC(CO)[C@H](O)[C@H](O)C2O)[C@H](O[C@@H]2OC(C)[C@@H](O)[C@H](O)C2O)C1C. The third-order valence-electron chi connectivity index (χ3n) is 6.76. The van der Waals surface area contributed by atoms with Crippen molar-refractivity contribution in [3.05, 3.63) is 0 Å². The van der Waals surface area contributed by atoms with Crippen molar-refractivity contribution < 1.29 is 64.5 Å². The summed E-state index contributed by atoms with van der Waals surface area (Å²) in [6.45, 7) is 3.85. The van der Waals surface area contributed by atoms with Gasteiger partial charge in [0, 0.05) is 5.92 Å². The van der Waals surface area contributed by atoms with E-state index >= 15 is 0 Å². The van der Waals surface area contributed by atoms with E-state index in [0.717, 1.165) is 0 Å². The summed E-state index contributed by atoms with van der Waals surface area (Å²) in [7, 11) is 0. The fraction of sp³-hybridized carbons (Fsp3) is 1.00. The van der Waals surface area contributed by atoms with Crippen LogP contribution in [0.4, 0.5) is 0 Å². The van der Waals surface area contributed by atoms with Crippen LogP contribution in [0, 0.1) is 5.92 Å². The topological polar surface area (TPSA) is 208 Å². The molecule has 194 valence electrons. The lowest BCUT2D eigenvalue weighted by molar-refractivity contribution is -0.364. The molecule has 0 aliphatic carbocycles. The fourth-order valence-corrected chi connectivity index (χ4v) is 4.38. The third kappa shape index (κ3) is 5.35. The average molecular weight is 484 g/mol. The molecule has 0 bridgehead atoms. The number of rotatable bonds is 6. The van der Waals surface area contributed by atoms with Gasteiger partial charge < -0.3 is 64.5 Å². The molecular weight excluding hydrogens is 448 g/mol. The molecule has 13 heteroatoms. The standard InChI is InChI=1S/C20H36O13/c1-6-7(2)29-10(5-22)18(33-20-16(28)14(26)12(24)9(4-21)31-20)17(6)32-19-15(27)13(25)11(23)8(3)30-19/h6-28H,4-5H2,1-3H3/t6?,7?,8?,9?,10?,11-,12+,13+,14+,15?,16?,17-,18-,19+,20+/m1/s1. The summed E-state index contributed by atoms with van der Waals surface area (Å²) < 4.78 is 28.6. The molecule has 3 heterocycles. The highest BCUT2D eigenvalue weighted by Crippen LogP contribution is 2.35. The van der Waals surface area contributed by atoms with Crippen molar-refractivity contribution >= 4 is 0 Å². The first kappa shape index (κ1) is 27.1. The number of ether oxygens (including phenoxy) is 5. The Morgan fingerprint density at radius 1 is 0.545 bits per heavy atom. The third-order valence-corrected chi connectivity index (χ3v) is 6.76. The van der Waals surface area contributed by atoms with Gasteiger partial charge in [-0.1, -0.05) is 6.92 Å². The Bertz CT molecular complexity index is 623. The molecule has 3 aliphatic rings. The van der Waals surface area contributed by atoms with E-state index in [9.17, 15) is 40.9 Å². The van der Waals surface area contributed by atoms with E-state index in [1.54, 1.807) is 13.8 Å². The zero-order chi connectivity index (χ0) is 24.6. The van der Waals surface area contributed by atoms with Crippen molar-refractivity contribution in [2.45, 2.75) is 107 Å². The summed E-state index contributed by atoms with van der Waals surface area (Å²) in [5, 5.41) is 80.2. The second-order valence-electron chi connectivity index (χ2n) is 9.00. The van der Waals surface area contributed by atoms with Crippen LogP contribution < -0.4 is 0 Å². The smallest absolute Gasteiger partial charge is 0.187 e. The zero-order valence-electron chi connectivity index (χ0n) is 18.7. The predicted molar refractivity (Wildman–Crippen MR) is 106 cm³/mol. The van der Waals surface area contributed by atoms with Gasteiger partial charge in [-0.3, -0.25) is 0 Å². The molecule has 0 amide bonds. The summed E-state index contributed by atoms with van der Waals surface area (Å²) in [6.07, 6.45) is -17.7. The number of aliphatic hydroxyl groups excluding tert-OH is 8. The monoisotopic (exact) mass is 484 g/mol. The molecule has 3 rings (SSSR count). The molecule has 15 atom stereocenters. The maximum Gasteiger partial charge on any atom is 0.187 e. The lowest BCUT2D eigenvalue weighted by Crippen LogP contribution is -2.65. The van der Waals surface area contributed by atoms with Crippen molar-refractivity contribution in [2.75, 3.05) is 13.2 Å². The maximum atomic E-state index is 10.4. The molecular formula is C20H36O13. The van der Waals surface area contributed by atoms with E-state index < -0.39 is 105 Å². The van der Waals surface area contributed by atoms with Crippen molar-refractivity contribution in [3.63, 3.8) is 0 Å². The summed E-state index contributed by atoms with van der Waals surface area (Å²) in [6, 6.07) is 0. The van der Waals surface area contributed by atoms with Gasteiger partial charge >= 0.3 is 0 Å². The van der Waals surface area contributed by atoms with Crippen molar-refractivity contribution in [1.82, 2.24) is 0 Å². The van der Waals surface area contributed by atoms with Gasteiger partial charge in [-0.15, -0.1) is 0 Å². The van der Waals surface area contributed by atoms with Crippen LogP contribution in [0.1, 0.15) is 20.8 Å². The first-order valence-corrected chi connectivity index (χ1v) is 11.1. The minimum Gasteiger partial charge on any atom is -0.394 e. The van der Waals surface area contributed by atoms with Crippen molar-refractivity contribution in [2.24, 2.45) is 5.92 Å². The molecule has 13 nitrogen and oxygen atoms in total. The Labute approximate surface area is 191 Å². The summed E-state index contributed by atoms with van der Waals surface area (Å²) >= 11 is 0. The zero-order valence-corrected chi connectivity index (χ0v) is 18.7. The lowest BCUT2D eigenvalue weighted by atomic mass is 9.88. The second kappa shape index (κ2) is 11.0. The van der Waals surface area contributed by atoms with Gasteiger partial charge in [-0.05, 0) is 13.8 Å². The van der Waals surface area contributed by atoms with Gasteiger partial charge in [0.05, 0.1) is 31.5 Å². The van der Waals surface area contributed by atoms with Crippen LogP contribution in [0.5, 0.6) is 0 Å². The quantitative estimate of drug-likeness (QED) is 0.180. The Morgan fingerprint density at radius 3 is 1.64 bits per heavy atom. The first-order chi connectivity index (χ1) is 15.5. The van der Waals surface area contributed by atoms with Crippen LogP contribution in [0.3, 0.4) is 0 Å². The van der Waals surface area contributed by atoms with Crippen LogP contribution in [0.15, 0.2) is 0 Å². The van der Waals surface area contributed by atoms with Crippen LogP contribution in [0.25, 0.3) is 0 Å². The summed E-state index contributed by atoms with van der Waals surface area (Å²) in [5.74, 6) is -0.405. The Kier molecular flexibility index (Phi) is 9.05. The second-order valence-corrected chi connectivity index (χ2v) is 9.00. The Hall–Kier alpha value is -0.520. The number of aliphatic hydroxyl groups is 8. The molecule has 0 spiro atoms.